The van der Waals surface area contributed by atoms with Crippen LogP contribution in [-0.4, -0.2) is 65.6 Å². The Morgan fingerprint density at radius 1 is 0.977 bits per heavy atom. The third-order valence-electron chi connectivity index (χ3n) is 7.80. The number of aryl methyl sites for hydroxylation is 1. The van der Waals surface area contributed by atoms with Crippen molar-refractivity contribution in [3.05, 3.63) is 88.3 Å². The Balaban J connectivity index is 1.23. The molecular weight excluding hydrogens is 552 g/mol. The van der Waals surface area contributed by atoms with E-state index in [4.69, 9.17) is 14.2 Å². The van der Waals surface area contributed by atoms with Crippen LogP contribution < -0.4 is 30.4 Å². The molecule has 4 heterocycles. The van der Waals surface area contributed by atoms with Crippen molar-refractivity contribution in [1.29, 1.82) is 0 Å². The summed E-state index contributed by atoms with van der Waals surface area (Å²) in [7, 11) is 0. The maximum Gasteiger partial charge on any atom is 0.258 e. The van der Waals surface area contributed by atoms with E-state index in [1.807, 2.05) is 12.1 Å². The largest absolute Gasteiger partial charge is 0.493 e. The molecular formula is C32H34N4O7. The lowest BCUT2D eigenvalue weighted by atomic mass is 10.1. The highest BCUT2D eigenvalue weighted by atomic mass is 16.5. The number of rotatable bonds is 6. The molecule has 4 aliphatic rings. The maximum atomic E-state index is 13.6. The molecule has 7 rings (SSSR count). The summed E-state index contributed by atoms with van der Waals surface area (Å²) in [5.74, 6) is 1.10. The zero-order valence-electron chi connectivity index (χ0n) is 23.7. The normalized spacial score (nSPS) is 20.2. The molecule has 2 fully saturated rings. The molecule has 0 unspecified atom stereocenters. The number of pyridine rings is 1. The van der Waals surface area contributed by atoms with Gasteiger partial charge in [0.05, 0.1) is 19.2 Å². The lowest BCUT2D eigenvalue weighted by Gasteiger charge is -2.21. The fourth-order valence-corrected chi connectivity index (χ4v) is 5.14. The zero-order chi connectivity index (χ0) is 29.8. The van der Waals surface area contributed by atoms with E-state index in [1.54, 1.807) is 53.6 Å². The topological polar surface area (TPSA) is 128 Å². The maximum absolute atomic E-state index is 13.6. The predicted octanol–water partition coefficient (Wildman–Crippen LogP) is 2.12. The van der Waals surface area contributed by atoms with Crippen LogP contribution in [0.2, 0.25) is 0 Å². The molecule has 2 atom stereocenters. The number of aromatic nitrogens is 1. The molecule has 0 radical (unpaired) electrons. The number of carbonyl (C=O) groups is 3. The van der Waals surface area contributed by atoms with Crippen molar-refractivity contribution in [2.45, 2.75) is 44.5 Å². The van der Waals surface area contributed by atoms with E-state index in [-0.39, 0.29) is 55.9 Å². The van der Waals surface area contributed by atoms with Gasteiger partial charge in [-0.2, -0.15) is 0 Å². The van der Waals surface area contributed by atoms with Gasteiger partial charge in [-0.1, -0.05) is 18.2 Å². The Morgan fingerprint density at radius 2 is 1.81 bits per heavy atom. The molecule has 0 spiro atoms. The van der Waals surface area contributed by atoms with Gasteiger partial charge in [0.2, 0.25) is 5.91 Å². The molecule has 1 saturated carbocycles. The highest BCUT2D eigenvalue weighted by molar-refractivity contribution is 5.95. The molecule has 4 bridgehead atoms. The van der Waals surface area contributed by atoms with Crippen LogP contribution in [0.1, 0.15) is 35.2 Å². The van der Waals surface area contributed by atoms with E-state index in [9.17, 15) is 19.2 Å². The average Bonchev–Trinajstić information content (AvgIpc) is 3.77. The number of fused-ring (bicyclic) bond motifs is 7. The molecule has 43 heavy (non-hydrogen) atoms. The Kier molecular flexibility index (Phi) is 8.30. The Bertz CT molecular complexity index is 1550. The number of nitrogens with one attached hydrogen (secondary N) is 2. The van der Waals surface area contributed by atoms with Gasteiger partial charge in [0.15, 0.2) is 6.61 Å². The highest BCUT2D eigenvalue weighted by Crippen LogP contribution is 2.31. The summed E-state index contributed by atoms with van der Waals surface area (Å²) in [6, 6.07) is 16.6. The summed E-state index contributed by atoms with van der Waals surface area (Å²) in [4.78, 5) is 53.0. The van der Waals surface area contributed by atoms with Gasteiger partial charge >= 0.3 is 0 Å². The van der Waals surface area contributed by atoms with Gasteiger partial charge in [0.25, 0.3) is 17.4 Å². The molecule has 1 saturated heterocycles. The number of hydrogen-bond donors (Lipinski definition) is 2. The number of nitrogens with zero attached hydrogens (tertiary/aromatic N) is 2. The summed E-state index contributed by atoms with van der Waals surface area (Å²) < 4.78 is 19.5. The van der Waals surface area contributed by atoms with Crippen LogP contribution in [0.5, 0.6) is 17.2 Å². The van der Waals surface area contributed by atoms with Gasteiger partial charge in [0.1, 0.15) is 23.4 Å². The second-order valence-corrected chi connectivity index (χ2v) is 11.2. The van der Waals surface area contributed by atoms with Crippen molar-refractivity contribution in [2.24, 2.45) is 5.92 Å². The third kappa shape index (κ3) is 7.35. The molecule has 1 aliphatic carbocycles. The van der Waals surface area contributed by atoms with Crippen LogP contribution in [0.3, 0.4) is 0 Å². The van der Waals surface area contributed by atoms with Crippen molar-refractivity contribution < 1.29 is 28.6 Å². The first-order chi connectivity index (χ1) is 20.9. The van der Waals surface area contributed by atoms with E-state index < -0.39 is 12.1 Å². The number of amides is 3. The number of likely N-dealkylation sites (tertiary alicyclic amines) is 1. The molecule has 3 amide bonds. The quantitative estimate of drug-likeness (QED) is 0.453. The molecule has 11 heteroatoms. The molecule has 3 aliphatic heterocycles. The molecule has 2 aromatic carbocycles. The van der Waals surface area contributed by atoms with Crippen molar-refractivity contribution in [2.75, 3.05) is 26.3 Å². The molecule has 224 valence electrons. The predicted molar refractivity (Wildman–Crippen MR) is 156 cm³/mol. The molecule has 1 aromatic heterocycles. The average molecular weight is 587 g/mol. The van der Waals surface area contributed by atoms with Crippen molar-refractivity contribution in [1.82, 2.24) is 20.1 Å². The minimum atomic E-state index is -0.515. The standard InChI is InChI=1S/C32H34N4O7/c37-29-20-42-26-14-23(13-25(15-26)41-19-22-4-5-22)32(40)34-27-17-36(31(39)10-12-35-11-2-1-3-30(35)38)18-28(27)43-24-8-6-21(7-9-24)16-33-29/h1-3,6-9,11,13-15,22,27-28H,4-5,10,12,16-20H2,(H,33,37)(H,34,40)/t27-,28-/m0/s1. The molecule has 3 aromatic rings. The first-order valence-electron chi connectivity index (χ1n) is 14.6. The Hall–Kier alpha value is -4.80. The molecule has 2 N–H and O–H groups in total. The minimum Gasteiger partial charge on any atom is -0.493 e. The van der Waals surface area contributed by atoms with Gasteiger partial charge in [-0.25, -0.2) is 0 Å². The van der Waals surface area contributed by atoms with Crippen molar-refractivity contribution >= 4 is 17.7 Å². The number of carbonyl (C=O) groups excluding carboxylic acids is 3. The molecule has 11 nitrogen and oxygen atoms in total. The summed E-state index contributed by atoms with van der Waals surface area (Å²) in [6.07, 6.45) is 3.51. The summed E-state index contributed by atoms with van der Waals surface area (Å²) in [6.45, 7) is 1.42. The van der Waals surface area contributed by atoms with Gasteiger partial charge < -0.3 is 34.3 Å². The van der Waals surface area contributed by atoms with Crippen molar-refractivity contribution in [3.8, 4) is 17.2 Å². The first kappa shape index (κ1) is 28.3. The van der Waals surface area contributed by atoms with E-state index >= 15 is 0 Å². The van der Waals surface area contributed by atoms with Crippen LogP contribution in [0, 0.1) is 5.92 Å². The minimum absolute atomic E-state index is 0.138. The van der Waals surface area contributed by atoms with E-state index in [0.717, 1.165) is 18.4 Å². The number of ether oxygens (including phenoxy) is 3. The van der Waals surface area contributed by atoms with E-state index in [0.29, 0.717) is 41.9 Å². The van der Waals surface area contributed by atoms with Crippen LogP contribution in [0.15, 0.2) is 71.7 Å². The van der Waals surface area contributed by atoms with Crippen LogP contribution in [-0.2, 0) is 22.7 Å². The Morgan fingerprint density at radius 3 is 2.60 bits per heavy atom. The van der Waals surface area contributed by atoms with E-state index in [1.165, 1.54) is 10.6 Å². The smallest absolute Gasteiger partial charge is 0.258 e. The van der Waals surface area contributed by atoms with Crippen LogP contribution >= 0.6 is 0 Å². The number of hydrogen-bond acceptors (Lipinski definition) is 7. The second kappa shape index (κ2) is 12.6. The lowest BCUT2D eigenvalue weighted by molar-refractivity contribution is -0.130. The van der Waals surface area contributed by atoms with Gasteiger partial charge in [0, 0.05) is 49.9 Å². The second-order valence-electron chi connectivity index (χ2n) is 11.2. The summed E-state index contributed by atoms with van der Waals surface area (Å²) >= 11 is 0. The van der Waals surface area contributed by atoms with Crippen LogP contribution in [0.4, 0.5) is 0 Å². The monoisotopic (exact) mass is 586 g/mol. The fraction of sp³-hybridized carbons (Fsp3) is 0.375. The first-order valence-corrected chi connectivity index (χ1v) is 14.6. The summed E-state index contributed by atoms with van der Waals surface area (Å²) in [5, 5.41) is 5.89. The van der Waals surface area contributed by atoms with E-state index in [2.05, 4.69) is 10.6 Å². The Labute approximate surface area is 248 Å². The van der Waals surface area contributed by atoms with Gasteiger partial charge in [-0.3, -0.25) is 19.2 Å². The summed E-state index contributed by atoms with van der Waals surface area (Å²) in [5.41, 5.74) is 1.02. The van der Waals surface area contributed by atoms with Gasteiger partial charge in [-0.05, 0) is 54.7 Å². The van der Waals surface area contributed by atoms with Gasteiger partial charge in [-0.15, -0.1) is 0 Å². The van der Waals surface area contributed by atoms with Crippen molar-refractivity contribution in [3.63, 3.8) is 0 Å². The highest BCUT2D eigenvalue weighted by Gasteiger charge is 2.38. The third-order valence-corrected chi connectivity index (χ3v) is 7.80. The fourth-order valence-electron chi connectivity index (χ4n) is 5.14. The SMILES string of the molecule is O=C1COc2cc(OCC3CC3)cc(c2)C(=O)N[C@H]2CN(C(=O)CCn3ccccc3=O)C[C@@H]2Oc2ccc(cc2)CN1. The van der Waals surface area contributed by atoms with Crippen LogP contribution in [0.25, 0.3) is 0 Å². The lowest BCUT2D eigenvalue weighted by Crippen LogP contribution is -2.45. The number of benzene rings is 2. The zero-order valence-corrected chi connectivity index (χ0v) is 23.7.